The molecular weight excluding hydrogens is 256 g/mol. The summed E-state index contributed by atoms with van der Waals surface area (Å²) >= 11 is 0. The van der Waals surface area contributed by atoms with Gasteiger partial charge in [-0.1, -0.05) is 0 Å². The summed E-state index contributed by atoms with van der Waals surface area (Å²) in [5, 5.41) is 18.4. The van der Waals surface area contributed by atoms with Gasteiger partial charge in [0.05, 0.1) is 6.61 Å². The number of aliphatic hydroxyl groups excluding tert-OH is 1. The van der Waals surface area contributed by atoms with Gasteiger partial charge in [-0.2, -0.15) is 0 Å². The number of nitrogens with one attached hydrogen (secondary N) is 3. The number of hydrogen-bond acceptors (Lipinski definition) is 3. The summed E-state index contributed by atoms with van der Waals surface area (Å²) in [6.07, 6.45) is 2.08. The van der Waals surface area contributed by atoms with Crippen LogP contribution in [0.5, 0.6) is 0 Å². The molecule has 20 heavy (non-hydrogen) atoms. The van der Waals surface area contributed by atoms with Gasteiger partial charge in [0.15, 0.2) is 5.96 Å². The lowest BCUT2D eigenvalue weighted by Gasteiger charge is -2.20. The molecule has 1 saturated carbocycles. The number of aliphatic imine (C=N–C) groups is 1. The zero-order valence-corrected chi connectivity index (χ0v) is 13.0. The molecule has 116 valence electrons. The van der Waals surface area contributed by atoms with Crippen molar-refractivity contribution in [3.63, 3.8) is 0 Å². The summed E-state index contributed by atoms with van der Waals surface area (Å²) in [5.41, 5.74) is -0.225. The molecule has 1 rings (SSSR count). The molecule has 0 saturated heterocycles. The van der Waals surface area contributed by atoms with Crippen molar-refractivity contribution in [2.75, 3.05) is 26.2 Å². The van der Waals surface area contributed by atoms with Crippen LogP contribution >= 0.6 is 0 Å². The summed E-state index contributed by atoms with van der Waals surface area (Å²) in [7, 11) is 0. The Morgan fingerprint density at radius 1 is 1.30 bits per heavy atom. The zero-order valence-electron chi connectivity index (χ0n) is 13.0. The first-order valence-corrected chi connectivity index (χ1v) is 7.24. The average molecular weight is 284 g/mol. The van der Waals surface area contributed by atoms with Gasteiger partial charge < -0.3 is 21.1 Å². The molecule has 0 aromatic rings. The lowest BCUT2D eigenvalue weighted by Crippen LogP contribution is -2.44. The SMILES string of the molecule is CCNC(=NCC(=O)NC(C)(C)C)NCC1(CO)CC1. The number of aliphatic hydroxyl groups is 1. The van der Waals surface area contributed by atoms with Crippen molar-refractivity contribution in [2.24, 2.45) is 10.4 Å². The summed E-state index contributed by atoms with van der Waals surface area (Å²) in [5.74, 6) is 0.522. The Hall–Kier alpha value is -1.30. The van der Waals surface area contributed by atoms with Crippen molar-refractivity contribution in [1.29, 1.82) is 0 Å². The fourth-order valence-electron chi connectivity index (χ4n) is 1.79. The number of guanidine groups is 1. The van der Waals surface area contributed by atoms with E-state index in [9.17, 15) is 9.90 Å². The zero-order chi connectivity index (χ0) is 15.2. The number of hydrogen-bond donors (Lipinski definition) is 4. The predicted octanol–water partition coefficient (Wildman–Crippen LogP) is 0.229. The highest BCUT2D eigenvalue weighted by molar-refractivity contribution is 5.85. The largest absolute Gasteiger partial charge is 0.396 e. The maximum atomic E-state index is 11.7. The summed E-state index contributed by atoms with van der Waals surface area (Å²) in [6.45, 7) is 9.52. The molecule has 0 aromatic heterocycles. The molecule has 0 unspecified atom stereocenters. The van der Waals surface area contributed by atoms with Crippen LogP contribution in [-0.4, -0.2) is 48.8 Å². The number of nitrogens with zero attached hydrogens (tertiary/aromatic N) is 1. The first kappa shape index (κ1) is 16.8. The van der Waals surface area contributed by atoms with Crippen molar-refractivity contribution in [2.45, 2.75) is 46.1 Å². The Labute approximate surface area is 121 Å². The normalized spacial score (nSPS) is 17.6. The molecule has 0 bridgehead atoms. The molecule has 6 heteroatoms. The van der Waals surface area contributed by atoms with E-state index in [-0.39, 0.29) is 30.0 Å². The van der Waals surface area contributed by atoms with E-state index in [0.29, 0.717) is 12.5 Å². The highest BCUT2D eigenvalue weighted by Gasteiger charge is 2.41. The molecule has 0 aliphatic heterocycles. The van der Waals surface area contributed by atoms with Crippen molar-refractivity contribution < 1.29 is 9.90 Å². The molecular formula is C14H28N4O2. The van der Waals surface area contributed by atoms with E-state index in [2.05, 4.69) is 20.9 Å². The molecule has 0 heterocycles. The molecule has 6 nitrogen and oxygen atoms in total. The third-order valence-corrected chi connectivity index (χ3v) is 3.16. The lowest BCUT2D eigenvalue weighted by atomic mass is 10.1. The average Bonchev–Trinajstić information content (AvgIpc) is 3.11. The van der Waals surface area contributed by atoms with E-state index in [0.717, 1.165) is 19.4 Å². The molecule has 0 spiro atoms. The number of carbonyl (C=O) groups excluding carboxylic acids is 1. The van der Waals surface area contributed by atoms with Gasteiger partial charge in [0.1, 0.15) is 6.54 Å². The first-order chi connectivity index (χ1) is 9.30. The van der Waals surface area contributed by atoms with Gasteiger partial charge in [0, 0.05) is 24.0 Å². The summed E-state index contributed by atoms with van der Waals surface area (Å²) in [4.78, 5) is 16.0. The van der Waals surface area contributed by atoms with E-state index in [1.165, 1.54) is 0 Å². The number of rotatable bonds is 6. The standard InChI is InChI=1S/C14H28N4O2/c1-5-15-12(17-9-14(10-19)6-7-14)16-8-11(20)18-13(2,3)4/h19H,5-10H2,1-4H3,(H,18,20)(H2,15,16,17). The quantitative estimate of drug-likeness (QED) is 0.415. The van der Waals surface area contributed by atoms with E-state index in [1.54, 1.807) is 0 Å². The number of carbonyl (C=O) groups is 1. The molecule has 1 aliphatic carbocycles. The van der Waals surface area contributed by atoms with Crippen LogP contribution in [0.25, 0.3) is 0 Å². The van der Waals surface area contributed by atoms with Gasteiger partial charge in [-0.3, -0.25) is 4.79 Å². The first-order valence-electron chi connectivity index (χ1n) is 7.24. The molecule has 0 aromatic carbocycles. The third kappa shape index (κ3) is 6.23. The van der Waals surface area contributed by atoms with Gasteiger partial charge in [0.25, 0.3) is 0 Å². The second kappa shape index (κ2) is 6.92. The van der Waals surface area contributed by atoms with Crippen molar-refractivity contribution >= 4 is 11.9 Å². The fraction of sp³-hybridized carbons (Fsp3) is 0.857. The molecule has 0 radical (unpaired) electrons. The van der Waals surface area contributed by atoms with Crippen LogP contribution in [-0.2, 0) is 4.79 Å². The fourth-order valence-corrected chi connectivity index (χ4v) is 1.79. The van der Waals surface area contributed by atoms with Crippen LogP contribution in [0, 0.1) is 5.41 Å². The summed E-state index contributed by atoms with van der Waals surface area (Å²) in [6, 6.07) is 0. The predicted molar refractivity (Wildman–Crippen MR) is 80.6 cm³/mol. The molecule has 1 amide bonds. The minimum absolute atomic E-state index is 0.0177. The van der Waals surface area contributed by atoms with Crippen LogP contribution in [0.15, 0.2) is 4.99 Å². The van der Waals surface area contributed by atoms with Crippen LogP contribution in [0.3, 0.4) is 0 Å². The van der Waals surface area contributed by atoms with Crippen molar-refractivity contribution in [1.82, 2.24) is 16.0 Å². The van der Waals surface area contributed by atoms with Crippen LogP contribution in [0.1, 0.15) is 40.5 Å². The Morgan fingerprint density at radius 2 is 1.95 bits per heavy atom. The monoisotopic (exact) mass is 284 g/mol. The van der Waals surface area contributed by atoms with Gasteiger partial charge >= 0.3 is 0 Å². The Kier molecular flexibility index (Phi) is 5.80. The van der Waals surface area contributed by atoms with Gasteiger partial charge in [-0.05, 0) is 40.5 Å². The third-order valence-electron chi connectivity index (χ3n) is 3.16. The Morgan fingerprint density at radius 3 is 2.40 bits per heavy atom. The Balaban J connectivity index is 2.44. The maximum Gasteiger partial charge on any atom is 0.242 e. The van der Waals surface area contributed by atoms with Crippen LogP contribution in [0.2, 0.25) is 0 Å². The highest BCUT2D eigenvalue weighted by Crippen LogP contribution is 2.44. The van der Waals surface area contributed by atoms with E-state index >= 15 is 0 Å². The molecule has 0 atom stereocenters. The number of amides is 1. The van der Waals surface area contributed by atoms with Gasteiger partial charge in [-0.15, -0.1) is 0 Å². The summed E-state index contributed by atoms with van der Waals surface area (Å²) < 4.78 is 0. The van der Waals surface area contributed by atoms with Crippen LogP contribution < -0.4 is 16.0 Å². The van der Waals surface area contributed by atoms with Gasteiger partial charge in [-0.25, -0.2) is 4.99 Å². The van der Waals surface area contributed by atoms with E-state index < -0.39 is 0 Å². The minimum Gasteiger partial charge on any atom is -0.396 e. The van der Waals surface area contributed by atoms with Crippen LogP contribution in [0.4, 0.5) is 0 Å². The Bertz CT molecular complexity index is 357. The van der Waals surface area contributed by atoms with Crippen molar-refractivity contribution in [3.05, 3.63) is 0 Å². The van der Waals surface area contributed by atoms with Gasteiger partial charge in [0.2, 0.25) is 5.91 Å². The smallest absolute Gasteiger partial charge is 0.242 e. The molecule has 1 aliphatic rings. The highest BCUT2D eigenvalue weighted by atomic mass is 16.3. The topological polar surface area (TPSA) is 85.8 Å². The lowest BCUT2D eigenvalue weighted by molar-refractivity contribution is -0.121. The molecule has 4 N–H and O–H groups in total. The molecule has 1 fully saturated rings. The second-order valence-corrected chi connectivity index (χ2v) is 6.51. The van der Waals surface area contributed by atoms with Crippen molar-refractivity contribution in [3.8, 4) is 0 Å². The second-order valence-electron chi connectivity index (χ2n) is 6.51. The minimum atomic E-state index is -0.243. The van der Waals surface area contributed by atoms with E-state index in [1.807, 2.05) is 27.7 Å². The van der Waals surface area contributed by atoms with E-state index in [4.69, 9.17) is 0 Å². The maximum absolute atomic E-state index is 11.7.